The highest BCUT2D eigenvalue weighted by atomic mass is 19.1. The van der Waals surface area contributed by atoms with Crippen LogP contribution in [0.1, 0.15) is 43.0 Å². The Morgan fingerprint density at radius 2 is 1.87 bits per heavy atom. The van der Waals surface area contributed by atoms with Gasteiger partial charge in [0.05, 0.1) is 11.0 Å². The number of imidazole rings is 1. The average molecular weight is 529 g/mol. The number of rotatable bonds is 10. The number of carbonyl (C=O) groups excluding carboxylic acids is 1. The Balaban J connectivity index is 1.21. The molecular formula is C32H37FN4O2. The number of aromatic nitrogens is 2. The first-order valence-corrected chi connectivity index (χ1v) is 13.8. The molecule has 7 heteroatoms. The first kappa shape index (κ1) is 27.0. The number of hydrogen-bond acceptors (Lipinski definition) is 4. The molecule has 0 aliphatic carbocycles. The average Bonchev–Trinajstić information content (AvgIpc) is 3.33. The van der Waals surface area contributed by atoms with Crippen LogP contribution in [0.4, 0.5) is 4.39 Å². The van der Waals surface area contributed by atoms with Gasteiger partial charge < -0.3 is 19.9 Å². The summed E-state index contributed by atoms with van der Waals surface area (Å²) in [6.45, 7) is 2.96. The second-order valence-electron chi connectivity index (χ2n) is 10.5. The van der Waals surface area contributed by atoms with E-state index in [-0.39, 0.29) is 23.7 Å². The van der Waals surface area contributed by atoms with Crippen LogP contribution in [0.25, 0.3) is 22.2 Å². The number of carbonyl (C=O) groups is 1. The van der Waals surface area contributed by atoms with Gasteiger partial charge in [-0.25, -0.2) is 9.37 Å². The van der Waals surface area contributed by atoms with Crippen LogP contribution in [-0.4, -0.2) is 53.2 Å². The molecule has 6 nitrogen and oxygen atoms in total. The van der Waals surface area contributed by atoms with Gasteiger partial charge in [0, 0.05) is 57.3 Å². The second kappa shape index (κ2) is 12.5. The Labute approximate surface area is 229 Å². The minimum Gasteiger partial charge on any atom is -0.385 e. The molecule has 4 aromatic rings. The lowest BCUT2D eigenvalue weighted by Crippen LogP contribution is -2.42. The Morgan fingerprint density at radius 1 is 1.10 bits per heavy atom. The van der Waals surface area contributed by atoms with Gasteiger partial charge in [-0.3, -0.25) is 4.79 Å². The summed E-state index contributed by atoms with van der Waals surface area (Å²) < 4.78 is 21.7. The van der Waals surface area contributed by atoms with Gasteiger partial charge in [-0.1, -0.05) is 54.6 Å². The highest BCUT2D eigenvalue weighted by Gasteiger charge is 2.29. The van der Waals surface area contributed by atoms with Crippen molar-refractivity contribution in [1.29, 1.82) is 0 Å². The number of likely N-dealkylation sites (tertiary alicyclic amines) is 1. The molecule has 1 aromatic heterocycles. The number of aryl methyl sites for hydroxylation is 1. The molecule has 0 spiro atoms. The maximum Gasteiger partial charge on any atom is 0.224 e. The first-order valence-electron chi connectivity index (χ1n) is 13.8. The highest BCUT2D eigenvalue weighted by Crippen LogP contribution is 2.30. The third-order valence-electron chi connectivity index (χ3n) is 7.63. The molecule has 1 aliphatic heterocycles. The van der Waals surface area contributed by atoms with Gasteiger partial charge >= 0.3 is 0 Å². The molecule has 0 radical (unpaired) electrons. The summed E-state index contributed by atoms with van der Waals surface area (Å²) in [6, 6.07) is 22.5. The van der Waals surface area contributed by atoms with Gasteiger partial charge in [0.2, 0.25) is 5.91 Å². The zero-order valence-electron chi connectivity index (χ0n) is 22.6. The number of nitrogens with two attached hydrogens (primary N) is 1. The predicted octanol–water partition coefficient (Wildman–Crippen LogP) is 5.55. The molecule has 1 fully saturated rings. The molecule has 39 heavy (non-hydrogen) atoms. The third-order valence-corrected chi connectivity index (χ3v) is 7.63. The van der Waals surface area contributed by atoms with Crippen molar-refractivity contribution in [3.63, 3.8) is 0 Å². The van der Waals surface area contributed by atoms with Gasteiger partial charge in [-0.2, -0.15) is 0 Å². The number of halogens is 1. The fraction of sp³-hybridized carbons (Fsp3) is 0.375. The smallest absolute Gasteiger partial charge is 0.224 e. The van der Waals surface area contributed by atoms with Crippen molar-refractivity contribution >= 4 is 16.9 Å². The Hall–Kier alpha value is -3.55. The van der Waals surface area contributed by atoms with Crippen molar-refractivity contribution in [1.82, 2.24) is 14.5 Å². The quantitative estimate of drug-likeness (QED) is 0.274. The number of ether oxygens (including phenoxy) is 1. The van der Waals surface area contributed by atoms with Gasteiger partial charge in [-0.05, 0) is 55.0 Å². The molecule has 1 saturated heterocycles. The molecule has 5 rings (SSSR count). The minimum absolute atomic E-state index is 0.0946. The van der Waals surface area contributed by atoms with E-state index < -0.39 is 0 Å². The standard InChI is InChI=1S/C32H37FN4O2/c1-39-19-7-18-37-30-12-5-4-11-29(30)35-32(37)25-8-6-17-36(22-25)31(38)21-26(34)20-23-13-15-24(16-14-23)27-9-2-3-10-28(27)33/h2-5,9-16,25-26H,6-8,17-22,34H2,1H3/t25-,26-/m1/s1. The number of amides is 1. The summed E-state index contributed by atoms with van der Waals surface area (Å²) in [5.74, 6) is 1.11. The summed E-state index contributed by atoms with van der Waals surface area (Å²) in [5.41, 5.74) is 11.0. The van der Waals surface area contributed by atoms with E-state index >= 15 is 0 Å². The van der Waals surface area contributed by atoms with E-state index in [9.17, 15) is 9.18 Å². The molecule has 0 saturated carbocycles. The Bertz CT molecular complexity index is 1400. The van der Waals surface area contributed by atoms with Crippen molar-refractivity contribution in [3.8, 4) is 11.1 Å². The van der Waals surface area contributed by atoms with Crippen LogP contribution in [0, 0.1) is 5.82 Å². The lowest BCUT2D eigenvalue weighted by molar-refractivity contribution is -0.132. The maximum atomic E-state index is 14.1. The predicted molar refractivity (Wildman–Crippen MR) is 153 cm³/mol. The van der Waals surface area contributed by atoms with Crippen molar-refractivity contribution in [2.45, 2.75) is 50.6 Å². The molecule has 2 N–H and O–H groups in total. The largest absolute Gasteiger partial charge is 0.385 e. The number of benzene rings is 3. The Kier molecular flexibility index (Phi) is 8.69. The lowest BCUT2D eigenvalue weighted by atomic mass is 9.95. The molecule has 2 atom stereocenters. The van der Waals surface area contributed by atoms with Crippen LogP contribution in [0.3, 0.4) is 0 Å². The van der Waals surface area contributed by atoms with E-state index in [0.29, 0.717) is 31.6 Å². The van der Waals surface area contributed by atoms with Crippen molar-refractivity contribution in [2.75, 3.05) is 26.8 Å². The third kappa shape index (κ3) is 6.37. The summed E-state index contributed by atoms with van der Waals surface area (Å²) in [6.07, 6.45) is 3.76. The zero-order chi connectivity index (χ0) is 27.2. The van der Waals surface area contributed by atoms with Crippen LogP contribution < -0.4 is 5.73 Å². The van der Waals surface area contributed by atoms with E-state index in [1.807, 2.05) is 47.4 Å². The van der Waals surface area contributed by atoms with E-state index in [1.165, 1.54) is 6.07 Å². The number of fused-ring (bicyclic) bond motifs is 1. The molecule has 0 unspecified atom stereocenters. The molecule has 3 aromatic carbocycles. The van der Waals surface area contributed by atoms with Crippen LogP contribution >= 0.6 is 0 Å². The molecule has 0 bridgehead atoms. The topological polar surface area (TPSA) is 73.4 Å². The van der Waals surface area contributed by atoms with E-state index in [1.54, 1.807) is 19.2 Å². The van der Waals surface area contributed by atoms with Crippen LogP contribution in [0.15, 0.2) is 72.8 Å². The lowest BCUT2D eigenvalue weighted by Gasteiger charge is -2.33. The van der Waals surface area contributed by atoms with Gasteiger partial charge in [0.15, 0.2) is 0 Å². The molecule has 1 amide bonds. The number of para-hydroxylation sites is 2. The van der Waals surface area contributed by atoms with Gasteiger partial charge in [0.1, 0.15) is 11.6 Å². The van der Waals surface area contributed by atoms with Crippen LogP contribution in [0.2, 0.25) is 0 Å². The first-order chi connectivity index (χ1) is 19.0. The number of methoxy groups -OCH3 is 1. The maximum absolute atomic E-state index is 14.1. The number of nitrogens with zero attached hydrogens (tertiary/aromatic N) is 3. The monoisotopic (exact) mass is 528 g/mol. The number of piperidine rings is 1. The fourth-order valence-electron chi connectivity index (χ4n) is 5.67. The normalized spacial score (nSPS) is 16.5. The summed E-state index contributed by atoms with van der Waals surface area (Å²) in [4.78, 5) is 20.2. The molecular weight excluding hydrogens is 491 g/mol. The van der Waals surface area contributed by atoms with Gasteiger partial charge in [0.25, 0.3) is 0 Å². The van der Waals surface area contributed by atoms with Crippen LogP contribution in [0.5, 0.6) is 0 Å². The molecule has 1 aliphatic rings. The van der Waals surface area contributed by atoms with Gasteiger partial charge in [-0.15, -0.1) is 0 Å². The highest BCUT2D eigenvalue weighted by molar-refractivity contribution is 5.78. The summed E-state index contributed by atoms with van der Waals surface area (Å²) in [5, 5.41) is 0. The van der Waals surface area contributed by atoms with Crippen molar-refractivity contribution in [2.24, 2.45) is 5.73 Å². The van der Waals surface area contributed by atoms with E-state index in [2.05, 4.69) is 16.7 Å². The Morgan fingerprint density at radius 3 is 2.67 bits per heavy atom. The minimum atomic E-state index is -0.282. The molecule has 2 heterocycles. The summed E-state index contributed by atoms with van der Waals surface area (Å²) in [7, 11) is 1.73. The van der Waals surface area contributed by atoms with Crippen LogP contribution in [-0.2, 0) is 22.5 Å². The van der Waals surface area contributed by atoms with Crippen molar-refractivity contribution in [3.05, 3.63) is 90.0 Å². The second-order valence-corrected chi connectivity index (χ2v) is 10.5. The number of hydrogen-bond donors (Lipinski definition) is 1. The van der Waals surface area contributed by atoms with E-state index in [0.717, 1.165) is 60.3 Å². The SMILES string of the molecule is COCCCn1c([C@@H]2CCCN(C(=O)C[C@H](N)Cc3ccc(-c4ccccc4F)cc3)C2)nc2ccccc21. The van der Waals surface area contributed by atoms with E-state index in [4.69, 9.17) is 15.5 Å². The fourth-order valence-corrected chi connectivity index (χ4v) is 5.67. The zero-order valence-corrected chi connectivity index (χ0v) is 22.6. The summed E-state index contributed by atoms with van der Waals surface area (Å²) >= 11 is 0. The van der Waals surface area contributed by atoms with Crippen molar-refractivity contribution < 1.29 is 13.9 Å². The molecule has 204 valence electrons.